The lowest BCUT2D eigenvalue weighted by atomic mass is 9.68. The van der Waals surface area contributed by atoms with Gasteiger partial charge in [0.05, 0.1) is 54.4 Å². The number of quaternary nitrogens is 1. The Kier molecular flexibility index (Phi) is 14.5. The van der Waals surface area contributed by atoms with Crippen LogP contribution in [0.15, 0.2) is 76.5 Å². The highest BCUT2D eigenvalue weighted by molar-refractivity contribution is 7.91. The van der Waals surface area contributed by atoms with Crippen molar-refractivity contribution in [3.8, 4) is 5.75 Å². The summed E-state index contributed by atoms with van der Waals surface area (Å²) < 4.78 is 66.8. The highest BCUT2D eigenvalue weighted by Gasteiger charge is 2.49. The molecule has 12 heteroatoms. The Morgan fingerprint density at radius 1 is 0.891 bits per heavy atom. The van der Waals surface area contributed by atoms with Crippen LogP contribution < -0.4 is 9.64 Å². The Hall–Kier alpha value is -3.00. The zero-order valence-electron chi connectivity index (χ0n) is 33.6. The van der Waals surface area contributed by atoms with Crippen molar-refractivity contribution in [3.05, 3.63) is 83.4 Å². The number of nitrogens with zero attached hydrogens (tertiary/aromatic N) is 3. The van der Waals surface area contributed by atoms with Gasteiger partial charge in [-0.25, -0.2) is 16.8 Å². The molecule has 4 aliphatic rings. The number of fused-ring (bicyclic) bond motifs is 4. The molecule has 4 heterocycles. The minimum Gasteiger partial charge on any atom is -0.744 e. The largest absolute Gasteiger partial charge is 0.744 e. The molecule has 4 aliphatic heterocycles. The van der Waals surface area contributed by atoms with Crippen LogP contribution in [0.5, 0.6) is 5.75 Å². The number of aliphatic hydroxyl groups is 1. The Morgan fingerprint density at radius 3 is 2.04 bits per heavy atom. The van der Waals surface area contributed by atoms with Gasteiger partial charge >= 0.3 is 0 Å². The number of aliphatic hydroxyl groups excluding tert-OH is 1. The van der Waals surface area contributed by atoms with E-state index in [1.54, 1.807) is 18.2 Å². The molecule has 55 heavy (non-hydrogen) atoms. The lowest BCUT2D eigenvalue weighted by Gasteiger charge is -2.50. The number of ether oxygens (including phenoxy) is 1. The predicted octanol–water partition coefficient (Wildman–Crippen LogP) is 6.60. The van der Waals surface area contributed by atoms with Crippen LogP contribution in [0.1, 0.15) is 87.8 Å². The minimum atomic E-state index is -4.27. The number of piperazine rings is 3. The van der Waals surface area contributed by atoms with Crippen molar-refractivity contribution in [2.45, 2.75) is 94.0 Å². The summed E-state index contributed by atoms with van der Waals surface area (Å²) in [7, 11) is -3.95. The van der Waals surface area contributed by atoms with E-state index in [0.717, 1.165) is 54.7 Å². The quantitative estimate of drug-likeness (QED) is 0.103. The number of hydrogen-bond acceptors (Lipinski definition) is 9. The number of anilines is 1. The van der Waals surface area contributed by atoms with Crippen LogP contribution in [0.3, 0.4) is 0 Å². The number of hydrogen-bond donors (Lipinski definition) is 1. The number of rotatable bonds is 15. The third-order valence-electron chi connectivity index (χ3n) is 12.2. The van der Waals surface area contributed by atoms with Gasteiger partial charge < -0.3 is 23.8 Å². The fraction of sp³-hybridized carbons (Fsp3) is 0.581. The molecule has 0 amide bonds. The molecule has 304 valence electrons. The highest BCUT2D eigenvalue weighted by Crippen LogP contribution is 2.50. The molecule has 3 saturated heterocycles. The zero-order chi connectivity index (χ0) is 39.9. The van der Waals surface area contributed by atoms with E-state index in [1.807, 2.05) is 62.3 Å². The van der Waals surface area contributed by atoms with Crippen LogP contribution in [0.4, 0.5) is 5.69 Å². The van der Waals surface area contributed by atoms with Gasteiger partial charge in [0.2, 0.25) is 0 Å². The van der Waals surface area contributed by atoms with Gasteiger partial charge in [-0.15, -0.1) is 0 Å². The summed E-state index contributed by atoms with van der Waals surface area (Å²) in [6.45, 7) is 15.7. The normalized spacial score (nSPS) is 23.9. The first-order valence-corrected chi connectivity index (χ1v) is 23.2. The fourth-order valence-corrected chi connectivity index (χ4v) is 11.3. The van der Waals surface area contributed by atoms with Crippen molar-refractivity contribution in [2.24, 2.45) is 5.41 Å². The third-order valence-corrected chi connectivity index (χ3v) is 15.0. The third kappa shape index (κ3) is 10.7. The second-order valence-corrected chi connectivity index (χ2v) is 19.7. The van der Waals surface area contributed by atoms with E-state index in [0.29, 0.717) is 29.9 Å². The van der Waals surface area contributed by atoms with Gasteiger partial charge in [-0.3, -0.25) is 4.90 Å². The Morgan fingerprint density at radius 2 is 1.49 bits per heavy atom. The van der Waals surface area contributed by atoms with E-state index in [1.165, 1.54) is 68.8 Å². The molecule has 0 spiro atoms. The first-order chi connectivity index (χ1) is 26.1. The molecule has 0 aliphatic carbocycles. The van der Waals surface area contributed by atoms with Crippen LogP contribution in [0.2, 0.25) is 0 Å². The van der Waals surface area contributed by atoms with Gasteiger partial charge in [-0.2, -0.15) is 0 Å². The van der Waals surface area contributed by atoms with Gasteiger partial charge in [-0.05, 0) is 86.2 Å². The summed E-state index contributed by atoms with van der Waals surface area (Å²) in [5.74, 6) is 0.378. The zero-order valence-corrected chi connectivity index (χ0v) is 35.2. The minimum absolute atomic E-state index is 0.00850. The van der Waals surface area contributed by atoms with Crippen LogP contribution in [0, 0.1) is 12.3 Å². The van der Waals surface area contributed by atoms with Crippen LogP contribution >= 0.6 is 0 Å². The molecular weight excluding hydrogens is 735 g/mol. The van der Waals surface area contributed by atoms with E-state index in [2.05, 4.69) is 18.7 Å². The lowest BCUT2D eigenvalue weighted by Crippen LogP contribution is -2.67. The van der Waals surface area contributed by atoms with E-state index < -0.39 is 37.4 Å². The number of aryl methyl sites for hydroxylation is 1. The summed E-state index contributed by atoms with van der Waals surface area (Å²) in [5.41, 5.74) is 2.81. The van der Waals surface area contributed by atoms with E-state index >= 15 is 0 Å². The van der Waals surface area contributed by atoms with Crippen molar-refractivity contribution in [1.82, 2.24) is 4.90 Å². The number of sulfone groups is 1. The average molecular weight is 798 g/mol. The fourth-order valence-electron chi connectivity index (χ4n) is 8.67. The average Bonchev–Trinajstić information content (AvgIpc) is 3.23. The van der Waals surface area contributed by atoms with Crippen molar-refractivity contribution in [1.29, 1.82) is 0 Å². The summed E-state index contributed by atoms with van der Waals surface area (Å²) in [6.07, 6.45) is 6.54. The summed E-state index contributed by atoms with van der Waals surface area (Å²) in [5, 5.41) is 12.4. The van der Waals surface area contributed by atoms with Crippen LogP contribution in [0.25, 0.3) is 0 Å². The van der Waals surface area contributed by atoms with Crippen molar-refractivity contribution < 1.29 is 35.7 Å². The molecule has 0 saturated carbocycles. The molecule has 0 radical (unpaired) electrons. The van der Waals surface area contributed by atoms with Crippen LogP contribution in [-0.4, -0.2) is 114 Å². The van der Waals surface area contributed by atoms with E-state index in [-0.39, 0.29) is 10.6 Å². The molecule has 10 nitrogen and oxygen atoms in total. The van der Waals surface area contributed by atoms with Crippen molar-refractivity contribution in [3.63, 3.8) is 0 Å². The SMILES string of the molecule is CCCCC1(CCCC)CS(=O)(=O)c2ccc(N(C)C)cc2[C@@H](c2ccc(OCCCC[N+]34CCN(CC3)CC4)cc2)[C@H]1O.Cc1ccc(S(=O)(=O)[O-])cc1. The summed E-state index contributed by atoms with van der Waals surface area (Å²) >= 11 is 0. The van der Waals surface area contributed by atoms with E-state index in [9.17, 15) is 26.5 Å². The van der Waals surface area contributed by atoms with Gasteiger partial charge in [0.15, 0.2) is 9.84 Å². The Bertz CT molecular complexity index is 1890. The maximum atomic E-state index is 14.1. The Balaban J connectivity index is 0.000000454. The molecule has 3 aromatic rings. The van der Waals surface area contributed by atoms with E-state index in [4.69, 9.17) is 4.74 Å². The Labute approximate surface area is 330 Å². The van der Waals surface area contributed by atoms with Crippen molar-refractivity contribution in [2.75, 3.05) is 77.2 Å². The molecule has 2 bridgehead atoms. The second-order valence-electron chi connectivity index (χ2n) is 16.3. The standard InChI is InChI=1S/C36H56N3O4S.C7H8O3S/c1-5-7-17-36(18-8-6-2)28-44(41,42)33-16-13-30(37(3)4)27-32(33)34(35(36)40)29-11-14-31(15-12-29)43-26-10-9-22-39-23-19-38(20-24-39)21-25-39;1-6-2-4-7(5-3-6)11(8,9)10/h11-16,27,34-35,40H,5-10,17-26,28H2,1-4H3;2-5H,1H3,(H,8,9,10)/q+1;/p-1/t34-,35-;/m1./s1. The van der Waals surface area contributed by atoms with Crippen LogP contribution in [-0.2, 0) is 20.0 Å². The van der Waals surface area contributed by atoms with Crippen molar-refractivity contribution >= 4 is 25.6 Å². The molecule has 1 N–H and O–H groups in total. The molecular formula is C43H63N3O7S2. The molecule has 0 aromatic heterocycles. The lowest BCUT2D eigenvalue weighted by molar-refractivity contribution is -0.941. The number of benzene rings is 3. The molecule has 0 unspecified atom stereocenters. The summed E-state index contributed by atoms with van der Waals surface area (Å²) in [4.78, 5) is 4.78. The molecule has 3 fully saturated rings. The number of unbranched alkanes of at least 4 members (excludes halogenated alkanes) is 3. The predicted molar refractivity (Wildman–Crippen MR) is 219 cm³/mol. The van der Waals surface area contributed by atoms with Gasteiger partial charge in [0.25, 0.3) is 0 Å². The maximum Gasteiger partial charge on any atom is 0.179 e. The second kappa shape index (κ2) is 18.5. The van der Waals surface area contributed by atoms with Gasteiger partial charge in [-0.1, -0.05) is 69.4 Å². The highest BCUT2D eigenvalue weighted by atomic mass is 32.2. The molecule has 2 atom stereocenters. The molecule has 3 aromatic carbocycles. The van der Waals surface area contributed by atoms with Gasteiger partial charge in [0, 0.05) is 50.7 Å². The topological polar surface area (TPSA) is 127 Å². The first kappa shape index (κ1) is 43.1. The summed E-state index contributed by atoms with van der Waals surface area (Å²) in [6, 6.07) is 19.5. The van der Waals surface area contributed by atoms with Gasteiger partial charge in [0.1, 0.15) is 15.9 Å². The monoisotopic (exact) mass is 797 g/mol. The smallest absolute Gasteiger partial charge is 0.179 e. The molecule has 7 rings (SSSR count). The maximum absolute atomic E-state index is 14.1. The first-order valence-electron chi connectivity index (χ1n) is 20.2.